The molecule has 39 heavy (non-hydrogen) atoms. The summed E-state index contributed by atoms with van der Waals surface area (Å²) in [6.45, 7) is 9.08. The topological polar surface area (TPSA) is 40.8 Å². The molecule has 188 valence electrons. The van der Waals surface area contributed by atoms with Crippen LogP contribution in [0.2, 0.25) is 13.1 Å². The van der Waals surface area contributed by atoms with Crippen molar-refractivity contribution in [3.63, 3.8) is 0 Å². The van der Waals surface area contributed by atoms with Gasteiger partial charge >= 0.3 is 0 Å². The van der Waals surface area contributed by atoms with Gasteiger partial charge in [0.25, 0.3) is 0 Å². The SMILES string of the molecule is Cc1ccc(-c2c(C)ccc3c2oc2c(-c4ccc5c(c4)[Si](C)(C)c4ccccc4-5)c(C#N)ccc23)[n+](C)c1. The van der Waals surface area contributed by atoms with Crippen LogP contribution in [0.1, 0.15) is 16.7 Å². The first-order chi connectivity index (χ1) is 18.8. The zero-order valence-corrected chi connectivity index (χ0v) is 23.9. The summed E-state index contributed by atoms with van der Waals surface area (Å²) in [5.41, 5.74) is 11.4. The largest absolute Gasteiger partial charge is 0.454 e. The predicted octanol–water partition coefficient (Wildman–Crippen LogP) is 7.04. The van der Waals surface area contributed by atoms with E-state index in [1.165, 1.54) is 27.1 Å². The third kappa shape index (κ3) is 3.30. The van der Waals surface area contributed by atoms with Crippen LogP contribution in [0.4, 0.5) is 0 Å². The van der Waals surface area contributed by atoms with Crippen molar-refractivity contribution in [2.45, 2.75) is 26.9 Å². The number of aryl methyl sites for hydroxylation is 3. The maximum atomic E-state index is 10.2. The molecule has 2 aromatic heterocycles. The maximum absolute atomic E-state index is 10.2. The molecule has 4 heteroatoms. The highest BCUT2D eigenvalue weighted by molar-refractivity contribution is 7.03. The fourth-order valence-electron chi connectivity index (χ4n) is 6.57. The standard InChI is InChI=1S/C35H29N2OSi/c1-21-10-17-29(37(3)20-21)32-22(2)11-14-27-28-16-13-24(19-36)33(35(28)38-34(27)32)23-12-15-26-25-8-6-7-9-30(25)39(4,5)31(26)18-23/h6-18,20H,1-5H3/q+1. The molecule has 1 aliphatic heterocycles. The normalized spacial score (nSPS) is 13.4. The van der Waals surface area contributed by atoms with Crippen LogP contribution in [0.5, 0.6) is 0 Å². The fraction of sp³-hybridized carbons (Fsp3) is 0.143. The third-order valence-electron chi connectivity index (χ3n) is 8.55. The van der Waals surface area contributed by atoms with Crippen LogP contribution in [0.15, 0.2) is 89.5 Å². The van der Waals surface area contributed by atoms with Crippen LogP contribution < -0.4 is 14.9 Å². The molecule has 0 N–H and O–H groups in total. The minimum atomic E-state index is -1.86. The molecule has 0 spiro atoms. The van der Waals surface area contributed by atoms with Crippen LogP contribution in [0.3, 0.4) is 0 Å². The quantitative estimate of drug-likeness (QED) is 0.181. The number of furan rings is 1. The van der Waals surface area contributed by atoms with Crippen molar-refractivity contribution in [2.24, 2.45) is 7.05 Å². The van der Waals surface area contributed by atoms with E-state index in [1.54, 1.807) is 0 Å². The molecule has 6 aromatic rings. The van der Waals surface area contributed by atoms with Gasteiger partial charge in [-0.2, -0.15) is 5.26 Å². The average molecular weight is 522 g/mol. The van der Waals surface area contributed by atoms with Gasteiger partial charge in [0, 0.05) is 28.0 Å². The average Bonchev–Trinajstić information content (AvgIpc) is 3.41. The first-order valence-corrected chi connectivity index (χ1v) is 16.4. The Labute approximate surface area is 229 Å². The van der Waals surface area contributed by atoms with E-state index in [4.69, 9.17) is 4.42 Å². The van der Waals surface area contributed by atoms with E-state index in [0.29, 0.717) is 5.56 Å². The van der Waals surface area contributed by atoms with Gasteiger partial charge in [-0.25, -0.2) is 4.57 Å². The van der Waals surface area contributed by atoms with Gasteiger partial charge in [-0.3, -0.25) is 0 Å². The summed E-state index contributed by atoms with van der Waals surface area (Å²) in [4.78, 5) is 0. The highest BCUT2D eigenvalue weighted by Gasteiger charge is 2.37. The number of fused-ring (bicyclic) bond motifs is 6. The number of nitrogens with zero attached hydrogens (tertiary/aromatic N) is 2. The number of rotatable bonds is 2. The summed E-state index contributed by atoms with van der Waals surface area (Å²) in [6, 6.07) is 30.6. The highest BCUT2D eigenvalue weighted by atomic mass is 28.3. The van der Waals surface area contributed by atoms with Gasteiger partial charge in [0.2, 0.25) is 5.69 Å². The Morgan fingerprint density at radius 3 is 2.26 bits per heavy atom. The second kappa shape index (κ2) is 8.27. The molecule has 0 saturated heterocycles. The summed E-state index contributed by atoms with van der Waals surface area (Å²) < 4.78 is 8.98. The predicted molar refractivity (Wildman–Crippen MR) is 162 cm³/mol. The number of nitriles is 1. The van der Waals surface area contributed by atoms with Gasteiger partial charge < -0.3 is 4.42 Å². The van der Waals surface area contributed by atoms with Crippen molar-refractivity contribution in [3.05, 3.63) is 102 Å². The number of hydrogen-bond acceptors (Lipinski definition) is 2. The number of benzene rings is 4. The summed E-state index contributed by atoms with van der Waals surface area (Å²) in [5, 5.41) is 15.2. The maximum Gasteiger partial charge on any atom is 0.216 e. The molecular formula is C35H29N2OSi+. The zero-order valence-electron chi connectivity index (χ0n) is 22.9. The molecule has 0 bridgehead atoms. The lowest BCUT2D eigenvalue weighted by atomic mass is 9.94. The van der Waals surface area contributed by atoms with E-state index in [1.807, 2.05) is 12.1 Å². The highest BCUT2D eigenvalue weighted by Crippen LogP contribution is 2.42. The second-order valence-corrected chi connectivity index (χ2v) is 15.7. The van der Waals surface area contributed by atoms with Crippen LogP contribution >= 0.6 is 0 Å². The van der Waals surface area contributed by atoms with Crippen molar-refractivity contribution in [1.82, 2.24) is 0 Å². The van der Waals surface area contributed by atoms with Gasteiger partial charge in [0.1, 0.15) is 26.3 Å². The van der Waals surface area contributed by atoms with E-state index < -0.39 is 8.07 Å². The lowest BCUT2D eigenvalue weighted by Crippen LogP contribution is -2.49. The molecule has 0 aliphatic carbocycles. The molecule has 7 rings (SSSR count). The van der Waals surface area contributed by atoms with Crippen molar-refractivity contribution in [3.8, 4) is 39.6 Å². The lowest BCUT2D eigenvalue weighted by Gasteiger charge is -2.19. The fourth-order valence-corrected chi connectivity index (χ4v) is 9.67. The minimum Gasteiger partial charge on any atom is -0.454 e. The van der Waals surface area contributed by atoms with Gasteiger partial charge in [0.15, 0.2) is 6.20 Å². The monoisotopic (exact) mass is 521 g/mol. The van der Waals surface area contributed by atoms with Crippen LogP contribution in [0.25, 0.3) is 55.4 Å². The number of hydrogen-bond donors (Lipinski definition) is 0. The molecule has 0 radical (unpaired) electrons. The van der Waals surface area contributed by atoms with Gasteiger partial charge in [-0.1, -0.05) is 67.7 Å². The molecule has 3 heterocycles. The summed E-state index contributed by atoms with van der Waals surface area (Å²) in [5.74, 6) is 0. The van der Waals surface area contributed by atoms with Crippen LogP contribution in [-0.2, 0) is 7.05 Å². The van der Waals surface area contributed by atoms with Gasteiger partial charge in [-0.15, -0.1) is 0 Å². The van der Waals surface area contributed by atoms with Crippen molar-refractivity contribution in [1.29, 1.82) is 5.26 Å². The Balaban J connectivity index is 1.52. The molecule has 1 aliphatic rings. The molecule has 0 saturated carbocycles. The first kappa shape index (κ1) is 23.6. The number of pyridine rings is 1. The molecule has 0 amide bonds. The molecule has 3 nitrogen and oxygen atoms in total. The Hall–Kier alpha value is -4.46. The van der Waals surface area contributed by atoms with E-state index in [-0.39, 0.29) is 0 Å². The molecule has 0 fully saturated rings. The van der Waals surface area contributed by atoms with E-state index in [2.05, 4.69) is 118 Å². The second-order valence-electron chi connectivity index (χ2n) is 11.3. The van der Waals surface area contributed by atoms with Crippen molar-refractivity contribution >= 4 is 40.4 Å². The van der Waals surface area contributed by atoms with Gasteiger partial charge in [-0.05, 0) is 64.7 Å². The summed E-state index contributed by atoms with van der Waals surface area (Å²) in [7, 11) is 0.220. The van der Waals surface area contributed by atoms with Crippen molar-refractivity contribution in [2.75, 3.05) is 0 Å². The third-order valence-corrected chi connectivity index (χ3v) is 12.1. The van der Waals surface area contributed by atoms with E-state index in [9.17, 15) is 5.26 Å². The Morgan fingerprint density at radius 2 is 1.49 bits per heavy atom. The van der Waals surface area contributed by atoms with Gasteiger partial charge in [0.05, 0.1) is 17.2 Å². The smallest absolute Gasteiger partial charge is 0.216 e. The van der Waals surface area contributed by atoms with E-state index in [0.717, 1.165) is 49.9 Å². The minimum absolute atomic E-state index is 0.635. The van der Waals surface area contributed by atoms with E-state index >= 15 is 0 Å². The van der Waals surface area contributed by atoms with Crippen LogP contribution in [-0.4, -0.2) is 8.07 Å². The number of aromatic nitrogens is 1. The lowest BCUT2D eigenvalue weighted by molar-refractivity contribution is -0.660. The van der Waals surface area contributed by atoms with Crippen molar-refractivity contribution < 1.29 is 8.98 Å². The van der Waals surface area contributed by atoms with Crippen LogP contribution in [0, 0.1) is 25.2 Å². The summed E-state index contributed by atoms with van der Waals surface area (Å²) >= 11 is 0. The zero-order chi connectivity index (χ0) is 27.1. The Bertz CT molecular complexity index is 2040. The first-order valence-electron chi connectivity index (χ1n) is 13.4. The Morgan fingerprint density at radius 1 is 0.769 bits per heavy atom. The molecule has 0 unspecified atom stereocenters. The molecular weight excluding hydrogens is 492 g/mol. The Kier molecular flexibility index (Phi) is 5.01. The molecule has 0 atom stereocenters. The summed E-state index contributed by atoms with van der Waals surface area (Å²) in [6.07, 6.45) is 2.14. The molecule has 4 aromatic carbocycles.